The number of carbonyl (C=O) groups is 2. The van der Waals surface area contributed by atoms with E-state index in [4.69, 9.17) is 4.74 Å². The van der Waals surface area contributed by atoms with Crippen molar-refractivity contribution >= 4 is 48.2 Å². The van der Waals surface area contributed by atoms with E-state index in [0.29, 0.717) is 28.2 Å². The number of rotatable bonds is 6. The van der Waals surface area contributed by atoms with Crippen molar-refractivity contribution in [2.24, 2.45) is 0 Å². The van der Waals surface area contributed by atoms with Gasteiger partial charge in [0.2, 0.25) is 11.8 Å². The second kappa shape index (κ2) is 9.18. The molecule has 1 saturated heterocycles. The van der Waals surface area contributed by atoms with Gasteiger partial charge in [-0.05, 0) is 60.0 Å². The number of ether oxygens (including phenoxy) is 1. The van der Waals surface area contributed by atoms with E-state index in [9.17, 15) is 18.4 Å². The summed E-state index contributed by atoms with van der Waals surface area (Å²) in [5.41, 5.74) is 0.593. The second-order valence-corrected chi connectivity index (χ2v) is 17.0. The largest absolute Gasteiger partial charge is 0.360 e. The molecular weight excluding hydrogens is 559 g/mol. The molecule has 0 saturated carbocycles. The standard InChI is InChI=1S/C23H28F2IN3O3Si/c1-33(2,3)8-7-32-14-28-19-5-4-6-23(16(19)13-27-28)11-20(30)29(21(31)12-23)22-17(24)9-15(26)10-18(22)25/h9-10,13H,4-8,11-12,14H2,1-3H3. The van der Waals surface area contributed by atoms with Crippen LogP contribution in [0.3, 0.4) is 0 Å². The third-order valence-corrected chi connectivity index (χ3v) is 8.81. The van der Waals surface area contributed by atoms with Crippen molar-refractivity contribution in [1.29, 1.82) is 0 Å². The number of nitrogens with zero attached hydrogens (tertiary/aromatic N) is 3. The Morgan fingerprint density at radius 2 is 1.79 bits per heavy atom. The number of anilines is 1. The highest BCUT2D eigenvalue weighted by Gasteiger charge is 2.49. The van der Waals surface area contributed by atoms with E-state index in [2.05, 4.69) is 24.7 Å². The maximum Gasteiger partial charge on any atom is 0.234 e. The van der Waals surface area contributed by atoms with Crippen LogP contribution in [0.25, 0.3) is 0 Å². The lowest BCUT2D eigenvalue weighted by molar-refractivity contribution is -0.132. The third-order valence-electron chi connectivity index (χ3n) is 6.48. The van der Waals surface area contributed by atoms with Crippen LogP contribution in [0.1, 0.15) is 36.9 Å². The summed E-state index contributed by atoms with van der Waals surface area (Å²) in [5.74, 6) is -3.00. The van der Waals surface area contributed by atoms with Gasteiger partial charge in [0.1, 0.15) is 12.4 Å². The zero-order valence-corrected chi connectivity index (χ0v) is 22.2. The Morgan fingerprint density at radius 3 is 2.39 bits per heavy atom. The van der Waals surface area contributed by atoms with Crippen molar-refractivity contribution in [3.63, 3.8) is 0 Å². The molecule has 0 radical (unpaired) electrons. The van der Waals surface area contributed by atoms with E-state index in [1.165, 1.54) is 0 Å². The minimum atomic E-state index is -1.19. The van der Waals surface area contributed by atoms with Crippen molar-refractivity contribution in [1.82, 2.24) is 9.78 Å². The van der Waals surface area contributed by atoms with Crippen LogP contribution in [0.2, 0.25) is 25.7 Å². The smallest absolute Gasteiger partial charge is 0.234 e. The summed E-state index contributed by atoms with van der Waals surface area (Å²) in [7, 11) is -1.19. The average Bonchev–Trinajstić information content (AvgIpc) is 3.11. The van der Waals surface area contributed by atoms with Gasteiger partial charge >= 0.3 is 0 Å². The maximum absolute atomic E-state index is 14.5. The summed E-state index contributed by atoms with van der Waals surface area (Å²) in [5, 5.41) is 4.49. The van der Waals surface area contributed by atoms with E-state index >= 15 is 0 Å². The normalized spacial score (nSPS) is 18.2. The molecule has 1 fully saturated rings. The number of halogens is 3. The summed E-state index contributed by atoms with van der Waals surface area (Å²) >= 11 is 1.79. The summed E-state index contributed by atoms with van der Waals surface area (Å²) in [6.07, 6.45) is 4.02. The first-order chi connectivity index (χ1) is 15.5. The molecule has 1 aliphatic heterocycles. The first-order valence-electron chi connectivity index (χ1n) is 11.1. The van der Waals surface area contributed by atoms with Crippen LogP contribution in [-0.2, 0) is 32.9 Å². The van der Waals surface area contributed by atoms with Crippen LogP contribution >= 0.6 is 22.6 Å². The lowest BCUT2D eigenvalue weighted by Gasteiger charge is -2.42. The number of amides is 2. The van der Waals surface area contributed by atoms with Gasteiger partial charge in [0, 0.05) is 47.8 Å². The van der Waals surface area contributed by atoms with Gasteiger partial charge in [-0.1, -0.05) is 19.6 Å². The number of aromatic nitrogens is 2. The number of carbonyl (C=O) groups excluding carboxylic acids is 2. The zero-order valence-electron chi connectivity index (χ0n) is 19.1. The molecule has 4 rings (SSSR count). The van der Waals surface area contributed by atoms with Crippen molar-refractivity contribution in [3.05, 3.63) is 44.8 Å². The zero-order chi connectivity index (χ0) is 24.0. The van der Waals surface area contributed by atoms with E-state index in [-0.39, 0.29) is 12.8 Å². The van der Waals surface area contributed by atoms with Crippen molar-refractivity contribution < 1.29 is 23.1 Å². The number of hydrogen-bond donors (Lipinski definition) is 0. The molecule has 0 unspecified atom stereocenters. The molecule has 0 atom stereocenters. The highest BCUT2D eigenvalue weighted by atomic mass is 127. The first-order valence-corrected chi connectivity index (χ1v) is 15.9. The van der Waals surface area contributed by atoms with Crippen LogP contribution < -0.4 is 4.90 Å². The van der Waals surface area contributed by atoms with Gasteiger partial charge in [-0.15, -0.1) is 0 Å². The topological polar surface area (TPSA) is 64.4 Å². The van der Waals surface area contributed by atoms with Gasteiger partial charge in [0.15, 0.2) is 11.6 Å². The lowest BCUT2D eigenvalue weighted by atomic mass is 9.66. The second-order valence-electron chi connectivity index (χ2n) is 10.2. The predicted molar refractivity (Wildman–Crippen MR) is 132 cm³/mol. The van der Waals surface area contributed by atoms with Crippen molar-refractivity contribution in [3.8, 4) is 0 Å². The molecule has 1 spiro atoms. The van der Waals surface area contributed by atoms with Gasteiger partial charge in [-0.2, -0.15) is 5.10 Å². The molecule has 2 heterocycles. The predicted octanol–water partition coefficient (Wildman–Crippen LogP) is 5.01. The minimum absolute atomic E-state index is 0.0127. The number of piperidine rings is 1. The summed E-state index contributed by atoms with van der Waals surface area (Å²) < 4.78 is 37.1. The van der Waals surface area contributed by atoms with Crippen LogP contribution in [0.4, 0.5) is 14.5 Å². The van der Waals surface area contributed by atoms with E-state index in [1.54, 1.807) is 28.8 Å². The van der Waals surface area contributed by atoms with Crippen molar-refractivity contribution in [2.75, 3.05) is 11.5 Å². The Labute approximate surface area is 206 Å². The Kier molecular flexibility index (Phi) is 6.80. The molecule has 6 nitrogen and oxygen atoms in total. The molecule has 1 aromatic heterocycles. The van der Waals surface area contributed by atoms with Gasteiger partial charge in [0.05, 0.1) is 6.20 Å². The van der Waals surface area contributed by atoms with E-state index < -0.39 is 42.6 Å². The first kappa shape index (κ1) is 24.5. The highest BCUT2D eigenvalue weighted by molar-refractivity contribution is 14.1. The average molecular weight is 587 g/mol. The molecule has 33 heavy (non-hydrogen) atoms. The van der Waals surface area contributed by atoms with E-state index in [0.717, 1.165) is 42.3 Å². The highest BCUT2D eigenvalue weighted by Crippen LogP contribution is 2.46. The number of fused-ring (bicyclic) bond motifs is 2. The molecule has 1 aromatic carbocycles. The summed E-state index contributed by atoms with van der Waals surface area (Å²) in [6.45, 7) is 7.90. The van der Waals surface area contributed by atoms with Crippen LogP contribution in [0.15, 0.2) is 18.3 Å². The molecule has 178 valence electrons. The molecule has 0 bridgehead atoms. The van der Waals surface area contributed by atoms with Gasteiger partial charge in [0.25, 0.3) is 0 Å². The van der Waals surface area contributed by atoms with Gasteiger partial charge < -0.3 is 4.74 Å². The fourth-order valence-corrected chi connectivity index (χ4v) is 6.09. The molecule has 0 N–H and O–H groups in total. The molecule has 2 aliphatic rings. The van der Waals surface area contributed by atoms with Gasteiger partial charge in [-0.25, -0.2) is 18.4 Å². The SMILES string of the molecule is C[Si](C)(C)CCOCn1ncc2c1CCCC21CC(=O)N(c2c(F)cc(I)cc2F)C(=O)C1. The molecule has 2 amide bonds. The molecule has 2 aromatic rings. The third kappa shape index (κ3) is 4.92. The Morgan fingerprint density at radius 1 is 1.15 bits per heavy atom. The molecule has 10 heteroatoms. The minimum Gasteiger partial charge on any atom is -0.360 e. The maximum atomic E-state index is 14.5. The summed E-state index contributed by atoms with van der Waals surface area (Å²) in [6, 6.07) is 3.30. The van der Waals surface area contributed by atoms with Gasteiger partial charge in [-0.3, -0.25) is 9.59 Å². The number of benzene rings is 1. The molecular formula is C23H28F2IN3O3Si. The van der Waals surface area contributed by atoms with Crippen LogP contribution in [0, 0.1) is 15.2 Å². The van der Waals surface area contributed by atoms with E-state index in [1.807, 2.05) is 4.68 Å². The fraction of sp³-hybridized carbons (Fsp3) is 0.522. The Bertz CT molecular complexity index is 1060. The van der Waals surface area contributed by atoms with Crippen molar-refractivity contribution in [2.45, 2.75) is 69.9 Å². The summed E-state index contributed by atoms with van der Waals surface area (Å²) in [4.78, 5) is 26.9. The van der Waals surface area contributed by atoms with Crippen LogP contribution in [-0.4, -0.2) is 36.3 Å². The quantitative estimate of drug-likeness (QED) is 0.207. The lowest BCUT2D eigenvalue weighted by Crippen LogP contribution is -2.51. The molecule has 1 aliphatic carbocycles. The number of hydrogen-bond acceptors (Lipinski definition) is 4. The monoisotopic (exact) mass is 587 g/mol. The fourth-order valence-electron chi connectivity index (χ4n) is 4.79. The Balaban J connectivity index is 1.56. The van der Waals surface area contributed by atoms with Crippen LogP contribution in [0.5, 0.6) is 0 Å². The number of imide groups is 1. The Hall–Kier alpha value is -1.66.